The van der Waals surface area contributed by atoms with E-state index in [0.29, 0.717) is 19.1 Å². The standard InChI is InChI=1S/C19H27NO3/c1-14-7-8-16(23-14)9-10-19(21)20(2)13-18-17-6-4-3-5-15(17)11-12-22-18/h3-6,14,16,18H,7-13H2,1-2H3/t14-,16-,18+/m1/s1. The lowest BCUT2D eigenvalue weighted by atomic mass is 9.97. The van der Waals surface area contributed by atoms with Crippen molar-refractivity contribution in [1.29, 1.82) is 0 Å². The summed E-state index contributed by atoms with van der Waals surface area (Å²) in [5.74, 6) is 0.180. The number of likely N-dealkylation sites (N-methyl/N-ethyl adjacent to an activating group) is 1. The van der Waals surface area contributed by atoms with Gasteiger partial charge < -0.3 is 14.4 Å². The van der Waals surface area contributed by atoms with E-state index in [9.17, 15) is 4.79 Å². The minimum atomic E-state index is -0.00310. The summed E-state index contributed by atoms with van der Waals surface area (Å²) < 4.78 is 11.7. The topological polar surface area (TPSA) is 38.8 Å². The molecule has 0 aromatic heterocycles. The van der Waals surface area contributed by atoms with Gasteiger partial charge in [-0.05, 0) is 43.7 Å². The second kappa shape index (κ2) is 7.45. The van der Waals surface area contributed by atoms with E-state index in [0.717, 1.165) is 32.3 Å². The summed E-state index contributed by atoms with van der Waals surface area (Å²) in [4.78, 5) is 14.2. The fourth-order valence-electron chi connectivity index (χ4n) is 3.55. The lowest BCUT2D eigenvalue weighted by molar-refractivity contribution is -0.132. The molecule has 2 aliphatic rings. The van der Waals surface area contributed by atoms with Gasteiger partial charge in [0.05, 0.1) is 25.4 Å². The van der Waals surface area contributed by atoms with Gasteiger partial charge in [0.25, 0.3) is 0 Å². The number of amides is 1. The number of hydrogen-bond donors (Lipinski definition) is 0. The van der Waals surface area contributed by atoms with Gasteiger partial charge in [0.15, 0.2) is 0 Å². The van der Waals surface area contributed by atoms with E-state index in [1.165, 1.54) is 11.1 Å². The van der Waals surface area contributed by atoms with Crippen LogP contribution in [0.3, 0.4) is 0 Å². The molecule has 0 aliphatic carbocycles. The van der Waals surface area contributed by atoms with Crippen LogP contribution in [-0.4, -0.2) is 43.2 Å². The molecule has 2 heterocycles. The molecule has 3 rings (SSSR count). The molecule has 1 amide bonds. The van der Waals surface area contributed by atoms with Gasteiger partial charge in [-0.1, -0.05) is 24.3 Å². The summed E-state index contributed by atoms with van der Waals surface area (Å²) in [6, 6.07) is 8.39. The average Bonchev–Trinajstić information content (AvgIpc) is 2.98. The maximum absolute atomic E-state index is 12.4. The molecule has 1 aromatic carbocycles. The molecule has 4 heteroatoms. The van der Waals surface area contributed by atoms with E-state index in [-0.39, 0.29) is 18.1 Å². The molecule has 1 fully saturated rings. The maximum Gasteiger partial charge on any atom is 0.222 e. The number of nitrogens with zero attached hydrogens (tertiary/aromatic N) is 1. The van der Waals surface area contributed by atoms with Crippen LogP contribution in [0.5, 0.6) is 0 Å². The first-order chi connectivity index (χ1) is 11.1. The van der Waals surface area contributed by atoms with Crippen molar-refractivity contribution in [3.63, 3.8) is 0 Å². The molecule has 0 N–H and O–H groups in total. The number of ether oxygens (including phenoxy) is 2. The van der Waals surface area contributed by atoms with Crippen molar-refractivity contribution in [2.75, 3.05) is 20.2 Å². The molecule has 0 unspecified atom stereocenters. The smallest absolute Gasteiger partial charge is 0.222 e. The number of carbonyl (C=O) groups is 1. The highest BCUT2D eigenvalue weighted by molar-refractivity contribution is 5.75. The van der Waals surface area contributed by atoms with Crippen molar-refractivity contribution in [3.05, 3.63) is 35.4 Å². The Morgan fingerprint density at radius 2 is 2.13 bits per heavy atom. The number of hydrogen-bond acceptors (Lipinski definition) is 3. The molecule has 4 nitrogen and oxygen atoms in total. The quantitative estimate of drug-likeness (QED) is 0.837. The molecule has 0 spiro atoms. The predicted molar refractivity (Wildman–Crippen MR) is 89.3 cm³/mol. The molecule has 0 bridgehead atoms. The van der Waals surface area contributed by atoms with Crippen LogP contribution in [0.4, 0.5) is 0 Å². The normalized spacial score (nSPS) is 26.8. The summed E-state index contributed by atoms with van der Waals surface area (Å²) >= 11 is 0. The van der Waals surface area contributed by atoms with Gasteiger partial charge >= 0.3 is 0 Å². The fourth-order valence-corrected chi connectivity index (χ4v) is 3.55. The molecule has 1 saturated heterocycles. The minimum absolute atomic E-state index is 0.00310. The van der Waals surface area contributed by atoms with Crippen molar-refractivity contribution in [1.82, 2.24) is 4.90 Å². The molecule has 23 heavy (non-hydrogen) atoms. The van der Waals surface area contributed by atoms with E-state index in [1.54, 1.807) is 0 Å². The second-order valence-corrected chi connectivity index (χ2v) is 6.77. The van der Waals surface area contributed by atoms with Gasteiger partial charge in [-0.25, -0.2) is 0 Å². The van der Waals surface area contributed by atoms with Crippen LogP contribution in [0.15, 0.2) is 24.3 Å². The first-order valence-corrected chi connectivity index (χ1v) is 8.72. The van der Waals surface area contributed by atoms with Gasteiger partial charge in [-0.3, -0.25) is 4.79 Å². The third-order valence-corrected chi connectivity index (χ3v) is 4.96. The number of fused-ring (bicyclic) bond motifs is 1. The van der Waals surface area contributed by atoms with Crippen molar-refractivity contribution < 1.29 is 14.3 Å². The van der Waals surface area contributed by atoms with E-state index in [2.05, 4.69) is 25.1 Å². The summed E-state index contributed by atoms with van der Waals surface area (Å²) in [6.07, 6.45) is 5.14. The van der Waals surface area contributed by atoms with Crippen molar-refractivity contribution >= 4 is 5.91 Å². The van der Waals surface area contributed by atoms with Crippen LogP contribution in [-0.2, 0) is 20.7 Å². The van der Waals surface area contributed by atoms with Crippen molar-refractivity contribution in [2.45, 2.75) is 57.3 Å². The Morgan fingerprint density at radius 1 is 1.30 bits per heavy atom. The zero-order valence-electron chi connectivity index (χ0n) is 14.2. The van der Waals surface area contributed by atoms with Gasteiger partial charge in [-0.15, -0.1) is 0 Å². The number of carbonyl (C=O) groups excluding carboxylic acids is 1. The minimum Gasteiger partial charge on any atom is -0.375 e. The lowest BCUT2D eigenvalue weighted by Crippen LogP contribution is -2.34. The maximum atomic E-state index is 12.4. The average molecular weight is 317 g/mol. The fraction of sp³-hybridized carbons (Fsp3) is 0.632. The van der Waals surface area contributed by atoms with Crippen LogP contribution in [0, 0.1) is 0 Å². The zero-order valence-corrected chi connectivity index (χ0v) is 14.2. The molecule has 1 aromatic rings. The largest absolute Gasteiger partial charge is 0.375 e. The Morgan fingerprint density at radius 3 is 2.91 bits per heavy atom. The third kappa shape index (κ3) is 4.12. The first-order valence-electron chi connectivity index (χ1n) is 8.72. The van der Waals surface area contributed by atoms with Crippen LogP contribution in [0.25, 0.3) is 0 Å². The molecule has 0 saturated carbocycles. The monoisotopic (exact) mass is 317 g/mol. The van der Waals surface area contributed by atoms with E-state index >= 15 is 0 Å². The molecule has 2 aliphatic heterocycles. The molecule has 0 radical (unpaired) electrons. The highest BCUT2D eigenvalue weighted by Gasteiger charge is 2.25. The van der Waals surface area contributed by atoms with Crippen molar-refractivity contribution in [3.8, 4) is 0 Å². The van der Waals surface area contributed by atoms with Crippen LogP contribution in [0.1, 0.15) is 49.8 Å². The summed E-state index contributed by atoms with van der Waals surface area (Å²) in [5, 5.41) is 0. The van der Waals surface area contributed by atoms with E-state index in [1.807, 2.05) is 18.0 Å². The van der Waals surface area contributed by atoms with Gasteiger partial charge in [0, 0.05) is 13.5 Å². The zero-order chi connectivity index (χ0) is 16.2. The van der Waals surface area contributed by atoms with Gasteiger partial charge in [0.1, 0.15) is 6.10 Å². The first kappa shape index (κ1) is 16.5. The summed E-state index contributed by atoms with van der Waals surface area (Å²) in [5.41, 5.74) is 2.57. The van der Waals surface area contributed by atoms with Crippen LogP contribution >= 0.6 is 0 Å². The van der Waals surface area contributed by atoms with Gasteiger partial charge in [-0.2, -0.15) is 0 Å². The highest BCUT2D eigenvalue weighted by Crippen LogP contribution is 2.28. The van der Waals surface area contributed by atoms with Crippen molar-refractivity contribution in [2.24, 2.45) is 0 Å². The SMILES string of the molecule is C[C@@H]1CC[C@H](CCC(=O)N(C)C[C@@H]2OCCc3ccccc32)O1. The lowest BCUT2D eigenvalue weighted by Gasteiger charge is -2.30. The second-order valence-electron chi connectivity index (χ2n) is 6.77. The summed E-state index contributed by atoms with van der Waals surface area (Å²) in [6.45, 7) is 3.46. The number of benzene rings is 1. The predicted octanol–water partition coefficient (Wildman–Crippen LogP) is 3.11. The van der Waals surface area contributed by atoms with Gasteiger partial charge in [0.2, 0.25) is 5.91 Å². The molecular formula is C19H27NO3. The van der Waals surface area contributed by atoms with E-state index in [4.69, 9.17) is 9.47 Å². The van der Waals surface area contributed by atoms with Crippen LogP contribution < -0.4 is 0 Å². The van der Waals surface area contributed by atoms with Crippen LogP contribution in [0.2, 0.25) is 0 Å². The highest BCUT2D eigenvalue weighted by atomic mass is 16.5. The Kier molecular flexibility index (Phi) is 5.34. The molecule has 126 valence electrons. The Hall–Kier alpha value is -1.39. The third-order valence-electron chi connectivity index (χ3n) is 4.96. The van der Waals surface area contributed by atoms with E-state index < -0.39 is 0 Å². The number of rotatable bonds is 5. The molecular weight excluding hydrogens is 290 g/mol. The molecule has 3 atom stereocenters. The Balaban J connectivity index is 1.51. The summed E-state index contributed by atoms with van der Waals surface area (Å²) in [7, 11) is 1.88. The Labute approximate surface area is 138 Å². The Bertz CT molecular complexity index is 545.